The maximum atomic E-state index is 13.8. The lowest BCUT2D eigenvalue weighted by atomic mass is 9.77. The Kier molecular flexibility index (Phi) is 7.58. The fourth-order valence-electron chi connectivity index (χ4n) is 5.03. The number of hydrogen-bond acceptors (Lipinski definition) is 2. The third kappa shape index (κ3) is 5.71. The Morgan fingerprint density at radius 3 is 2.30 bits per heavy atom. The first-order chi connectivity index (χ1) is 16.2. The van der Waals surface area contributed by atoms with Gasteiger partial charge in [0, 0.05) is 12.1 Å². The molecule has 2 aromatic carbocycles. The highest BCUT2D eigenvalue weighted by atomic mass is 16.1. The van der Waals surface area contributed by atoms with Gasteiger partial charge >= 0.3 is 0 Å². The van der Waals surface area contributed by atoms with Crippen LogP contribution in [-0.4, -0.2) is 15.3 Å². The van der Waals surface area contributed by atoms with Crippen molar-refractivity contribution in [2.24, 2.45) is 11.8 Å². The number of aromatic nitrogens is 2. The van der Waals surface area contributed by atoms with E-state index in [0.717, 1.165) is 44.1 Å². The average molecular weight is 437 g/mol. The van der Waals surface area contributed by atoms with Gasteiger partial charge in [0.1, 0.15) is 11.7 Å². The maximum Gasteiger partial charge on any atom is 0.163 e. The zero-order valence-electron chi connectivity index (χ0n) is 19.4. The van der Waals surface area contributed by atoms with Crippen LogP contribution >= 0.6 is 0 Å². The summed E-state index contributed by atoms with van der Waals surface area (Å²) in [6, 6.07) is 20.2. The molecule has 0 N–H and O–H groups in total. The van der Waals surface area contributed by atoms with E-state index >= 15 is 0 Å². The van der Waals surface area contributed by atoms with E-state index in [4.69, 9.17) is 6.42 Å². The molecule has 2 unspecified atom stereocenters. The number of hydrogen-bond donors (Lipinski definition) is 0. The standard InChI is InChI=1S/C30H32N2O/c1-3-28-21-32(22-31-28)29(27-16-8-5-9-17-27)30(33)23(2)26-18-10-14-25(15-11-19-26)20-24-12-6-4-7-13-24/h1,4-9,12-13,16-17,20-23,26,29H,10-11,14-15,18-19H2,2H3. The van der Waals surface area contributed by atoms with Gasteiger partial charge in [-0.25, -0.2) is 4.98 Å². The Balaban J connectivity index is 1.48. The largest absolute Gasteiger partial charge is 0.321 e. The fraction of sp³-hybridized carbons (Fsp3) is 0.333. The number of Topliss-reactive ketones (excluding diaryl/α,β-unsaturated/α-hetero) is 1. The van der Waals surface area contributed by atoms with Gasteiger partial charge in [0.25, 0.3) is 0 Å². The highest BCUT2D eigenvalue weighted by molar-refractivity contribution is 5.87. The van der Waals surface area contributed by atoms with Crippen LogP contribution in [0, 0.1) is 24.2 Å². The Morgan fingerprint density at radius 1 is 1.06 bits per heavy atom. The number of imidazole rings is 1. The van der Waals surface area contributed by atoms with Crippen LogP contribution in [0.25, 0.3) is 6.08 Å². The molecule has 1 aromatic heterocycles. The van der Waals surface area contributed by atoms with Gasteiger partial charge in [-0.05, 0) is 61.5 Å². The van der Waals surface area contributed by atoms with Crippen molar-refractivity contribution in [1.82, 2.24) is 9.55 Å². The van der Waals surface area contributed by atoms with Gasteiger partial charge in [-0.15, -0.1) is 6.42 Å². The first-order valence-electron chi connectivity index (χ1n) is 12.0. The lowest BCUT2D eigenvalue weighted by molar-refractivity contribution is -0.126. The third-order valence-electron chi connectivity index (χ3n) is 6.90. The molecular weight excluding hydrogens is 404 g/mol. The van der Waals surface area contributed by atoms with Crippen LogP contribution in [-0.2, 0) is 4.79 Å². The summed E-state index contributed by atoms with van der Waals surface area (Å²) in [6.45, 7) is 2.12. The average Bonchev–Trinajstić information content (AvgIpc) is 3.30. The summed E-state index contributed by atoms with van der Waals surface area (Å²) < 4.78 is 1.88. The molecule has 0 bridgehead atoms. The van der Waals surface area contributed by atoms with Gasteiger partial charge in [0.15, 0.2) is 5.78 Å². The van der Waals surface area contributed by atoms with Gasteiger partial charge in [-0.2, -0.15) is 0 Å². The van der Waals surface area contributed by atoms with Crippen LogP contribution in [0.1, 0.15) is 68.3 Å². The molecule has 0 saturated heterocycles. The topological polar surface area (TPSA) is 34.9 Å². The summed E-state index contributed by atoms with van der Waals surface area (Å²) in [4.78, 5) is 18.1. The Morgan fingerprint density at radius 2 is 1.70 bits per heavy atom. The van der Waals surface area contributed by atoms with Crippen LogP contribution in [0.3, 0.4) is 0 Å². The zero-order valence-corrected chi connectivity index (χ0v) is 19.4. The summed E-state index contributed by atoms with van der Waals surface area (Å²) >= 11 is 0. The number of benzene rings is 2. The van der Waals surface area contributed by atoms with Crippen LogP contribution in [0.2, 0.25) is 0 Å². The molecule has 1 heterocycles. The highest BCUT2D eigenvalue weighted by Crippen LogP contribution is 2.34. The second-order valence-corrected chi connectivity index (χ2v) is 9.11. The fourth-order valence-corrected chi connectivity index (χ4v) is 5.03. The summed E-state index contributed by atoms with van der Waals surface area (Å²) in [7, 11) is 0. The van der Waals surface area contributed by atoms with Crippen LogP contribution in [0.15, 0.2) is 78.8 Å². The van der Waals surface area contributed by atoms with E-state index in [1.807, 2.05) is 34.9 Å². The van der Waals surface area contributed by atoms with E-state index in [9.17, 15) is 4.79 Å². The quantitative estimate of drug-likeness (QED) is 0.402. The van der Waals surface area contributed by atoms with Crippen molar-refractivity contribution in [1.29, 1.82) is 0 Å². The number of carbonyl (C=O) groups is 1. The number of allylic oxidation sites excluding steroid dienone is 1. The second kappa shape index (κ2) is 11.0. The van der Waals surface area contributed by atoms with Crippen molar-refractivity contribution >= 4 is 11.9 Å². The number of terminal acetylenes is 1. The number of ketones is 1. The number of rotatable bonds is 6. The molecule has 4 rings (SSSR count). The minimum Gasteiger partial charge on any atom is -0.321 e. The molecule has 1 aliphatic carbocycles. The molecule has 0 amide bonds. The molecule has 3 nitrogen and oxygen atoms in total. The minimum absolute atomic E-state index is 0.0217. The van der Waals surface area contributed by atoms with E-state index < -0.39 is 6.04 Å². The summed E-state index contributed by atoms with van der Waals surface area (Å²) in [5.41, 5.74) is 4.35. The van der Waals surface area contributed by atoms with E-state index in [0.29, 0.717) is 11.6 Å². The monoisotopic (exact) mass is 436 g/mol. The highest BCUT2D eigenvalue weighted by Gasteiger charge is 2.32. The normalized spacial score (nSPS) is 18.4. The Bertz CT molecular complexity index is 1110. The molecule has 0 aliphatic heterocycles. The molecule has 2 atom stereocenters. The van der Waals surface area contributed by atoms with Gasteiger partial charge < -0.3 is 4.57 Å². The van der Waals surface area contributed by atoms with Crippen molar-refractivity contribution in [3.05, 3.63) is 95.6 Å². The zero-order chi connectivity index (χ0) is 23.0. The SMILES string of the molecule is C#Cc1cn(C(C(=O)C(C)C2CCCC(=Cc3ccccc3)CCC2)c2ccccc2)cn1. The Hall–Kier alpha value is -3.38. The van der Waals surface area contributed by atoms with E-state index in [1.54, 1.807) is 12.5 Å². The van der Waals surface area contributed by atoms with Crippen LogP contribution < -0.4 is 0 Å². The first-order valence-corrected chi connectivity index (χ1v) is 12.0. The van der Waals surface area contributed by atoms with E-state index in [-0.39, 0.29) is 11.7 Å². The van der Waals surface area contributed by atoms with Gasteiger partial charge in [0.05, 0.1) is 6.33 Å². The predicted molar refractivity (Wildman–Crippen MR) is 135 cm³/mol. The van der Waals surface area contributed by atoms with E-state index in [1.165, 1.54) is 11.1 Å². The smallest absolute Gasteiger partial charge is 0.163 e. The van der Waals surface area contributed by atoms with Crippen molar-refractivity contribution in [2.45, 2.75) is 51.5 Å². The first kappa shape index (κ1) is 22.8. The van der Waals surface area contributed by atoms with Gasteiger partial charge in [-0.1, -0.05) is 79.2 Å². The predicted octanol–water partition coefficient (Wildman–Crippen LogP) is 6.71. The van der Waals surface area contributed by atoms with Crippen molar-refractivity contribution in [3.8, 4) is 12.3 Å². The Labute approximate surface area is 197 Å². The number of nitrogens with zero attached hydrogens (tertiary/aromatic N) is 2. The summed E-state index contributed by atoms with van der Waals surface area (Å²) in [5, 5.41) is 0. The third-order valence-corrected chi connectivity index (χ3v) is 6.90. The second-order valence-electron chi connectivity index (χ2n) is 9.11. The molecule has 1 saturated carbocycles. The maximum absolute atomic E-state index is 13.8. The molecule has 33 heavy (non-hydrogen) atoms. The van der Waals surface area contributed by atoms with Crippen molar-refractivity contribution in [3.63, 3.8) is 0 Å². The van der Waals surface area contributed by atoms with Crippen molar-refractivity contribution in [2.75, 3.05) is 0 Å². The summed E-state index contributed by atoms with van der Waals surface area (Å²) in [6.07, 6.45) is 18.0. The lowest BCUT2D eigenvalue weighted by Crippen LogP contribution is -2.30. The molecule has 1 aliphatic rings. The van der Waals surface area contributed by atoms with E-state index in [2.05, 4.69) is 54.2 Å². The molecule has 1 fully saturated rings. The molecule has 168 valence electrons. The molecule has 0 radical (unpaired) electrons. The minimum atomic E-state index is -0.394. The summed E-state index contributed by atoms with van der Waals surface area (Å²) in [5.74, 6) is 3.20. The molecule has 3 aromatic rings. The van der Waals surface area contributed by atoms with Crippen LogP contribution in [0.4, 0.5) is 0 Å². The molecule has 0 spiro atoms. The van der Waals surface area contributed by atoms with Gasteiger partial charge in [-0.3, -0.25) is 4.79 Å². The van der Waals surface area contributed by atoms with Crippen LogP contribution in [0.5, 0.6) is 0 Å². The number of carbonyl (C=O) groups excluding carboxylic acids is 1. The lowest BCUT2D eigenvalue weighted by Gasteiger charge is -2.29. The van der Waals surface area contributed by atoms with Crippen molar-refractivity contribution < 1.29 is 4.79 Å². The molecule has 3 heteroatoms. The van der Waals surface area contributed by atoms with Gasteiger partial charge in [0.2, 0.25) is 0 Å². The molecular formula is C30H32N2O.